The van der Waals surface area contributed by atoms with Gasteiger partial charge >= 0.3 is 5.97 Å². The Bertz CT molecular complexity index is 727. The second-order valence-corrected chi connectivity index (χ2v) is 6.93. The van der Waals surface area contributed by atoms with Crippen LogP contribution in [0.15, 0.2) is 18.2 Å². The van der Waals surface area contributed by atoms with Gasteiger partial charge in [-0.2, -0.15) is 0 Å². The zero-order valence-electron chi connectivity index (χ0n) is 14.0. The molecule has 1 aromatic heterocycles. The maximum atomic E-state index is 11.4. The molecule has 1 aliphatic rings. The number of hydrogen-bond acceptors (Lipinski definition) is 3. The van der Waals surface area contributed by atoms with E-state index < -0.39 is 5.97 Å². The van der Waals surface area contributed by atoms with Crippen molar-refractivity contribution in [1.29, 1.82) is 0 Å². The van der Waals surface area contributed by atoms with Crippen molar-refractivity contribution in [3.63, 3.8) is 0 Å². The summed E-state index contributed by atoms with van der Waals surface area (Å²) < 4.78 is 5.99. The van der Waals surface area contributed by atoms with Gasteiger partial charge < -0.3 is 14.8 Å². The first kappa shape index (κ1) is 15.9. The molecule has 1 aliphatic heterocycles. The van der Waals surface area contributed by atoms with Gasteiger partial charge in [0, 0.05) is 22.1 Å². The number of aryl methyl sites for hydroxylation is 1. The van der Waals surface area contributed by atoms with E-state index in [1.165, 1.54) is 12.8 Å². The number of aromatic amines is 1. The SMILES string of the molecule is Cc1[nH]c2ccc(OCC(C)(C)N3CCCC3)cc2c1C(=O)O. The Kier molecular flexibility index (Phi) is 4.06. The highest BCUT2D eigenvalue weighted by Gasteiger charge is 2.29. The van der Waals surface area contributed by atoms with Gasteiger partial charge in [-0.1, -0.05) is 0 Å². The molecule has 0 amide bonds. The molecule has 0 saturated carbocycles. The maximum Gasteiger partial charge on any atom is 0.338 e. The average molecular weight is 316 g/mol. The molecule has 0 unspecified atom stereocenters. The number of H-pyrrole nitrogens is 1. The van der Waals surface area contributed by atoms with Gasteiger partial charge in [-0.15, -0.1) is 0 Å². The number of carboxylic acids is 1. The lowest BCUT2D eigenvalue weighted by atomic mass is 10.1. The number of rotatable bonds is 5. The van der Waals surface area contributed by atoms with Crippen molar-refractivity contribution in [2.45, 2.75) is 39.2 Å². The summed E-state index contributed by atoms with van der Waals surface area (Å²) in [7, 11) is 0. The third kappa shape index (κ3) is 3.06. The van der Waals surface area contributed by atoms with E-state index in [4.69, 9.17) is 4.74 Å². The molecular weight excluding hydrogens is 292 g/mol. The van der Waals surface area contributed by atoms with Crippen LogP contribution in [0.5, 0.6) is 5.75 Å². The van der Waals surface area contributed by atoms with E-state index in [-0.39, 0.29) is 5.54 Å². The van der Waals surface area contributed by atoms with Gasteiger partial charge in [0.05, 0.1) is 5.56 Å². The lowest BCUT2D eigenvalue weighted by molar-refractivity contribution is 0.0698. The Morgan fingerprint density at radius 1 is 1.35 bits per heavy atom. The normalized spacial score (nSPS) is 16.1. The fourth-order valence-corrected chi connectivity index (χ4v) is 3.34. The topological polar surface area (TPSA) is 65.6 Å². The summed E-state index contributed by atoms with van der Waals surface area (Å²) in [5.74, 6) is -0.199. The number of benzene rings is 1. The number of ether oxygens (including phenoxy) is 1. The molecule has 3 rings (SSSR count). The molecule has 2 N–H and O–H groups in total. The van der Waals surface area contributed by atoms with Crippen LogP contribution in [0.1, 0.15) is 42.7 Å². The lowest BCUT2D eigenvalue weighted by Crippen LogP contribution is -2.46. The van der Waals surface area contributed by atoms with Crippen LogP contribution in [-0.4, -0.2) is 46.2 Å². The minimum absolute atomic E-state index is 0.0187. The molecule has 0 spiro atoms. The van der Waals surface area contributed by atoms with E-state index >= 15 is 0 Å². The molecule has 0 atom stereocenters. The number of carboxylic acid groups (broad SMARTS) is 1. The van der Waals surface area contributed by atoms with Gasteiger partial charge in [-0.25, -0.2) is 4.79 Å². The Balaban J connectivity index is 1.80. The van der Waals surface area contributed by atoms with E-state index in [9.17, 15) is 9.90 Å². The summed E-state index contributed by atoms with van der Waals surface area (Å²) in [6, 6.07) is 5.60. The van der Waals surface area contributed by atoms with Crippen LogP contribution in [0.4, 0.5) is 0 Å². The van der Waals surface area contributed by atoms with Crippen LogP contribution in [0.3, 0.4) is 0 Å². The second-order valence-electron chi connectivity index (χ2n) is 6.93. The summed E-state index contributed by atoms with van der Waals surface area (Å²) in [4.78, 5) is 17.0. The number of nitrogens with one attached hydrogen (secondary N) is 1. The quantitative estimate of drug-likeness (QED) is 0.887. The summed E-state index contributed by atoms with van der Waals surface area (Å²) in [6.07, 6.45) is 2.50. The second kappa shape index (κ2) is 5.89. The number of carbonyl (C=O) groups is 1. The summed E-state index contributed by atoms with van der Waals surface area (Å²) in [5.41, 5.74) is 1.80. The molecule has 0 bridgehead atoms. The van der Waals surface area contributed by atoms with E-state index in [1.54, 1.807) is 6.92 Å². The van der Waals surface area contributed by atoms with Crippen molar-refractivity contribution in [1.82, 2.24) is 9.88 Å². The molecule has 2 aromatic rings. The first-order valence-corrected chi connectivity index (χ1v) is 8.12. The first-order chi connectivity index (χ1) is 10.9. The van der Waals surface area contributed by atoms with Gasteiger partial charge in [-0.3, -0.25) is 4.90 Å². The monoisotopic (exact) mass is 316 g/mol. The summed E-state index contributed by atoms with van der Waals surface area (Å²) >= 11 is 0. The number of fused-ring (bicyclic) bond motifs is 1. The number of likely N-dealkylation sites (tertiary alicyclic amines) is 1. The Labute approximate surface area is 136 Å². The molecule has 1 aromatic carbocycles. The highest BCUT2D eigenvalue weighted by Crippen LogP contribution is 2.28. The van der Waals surface area contributed by atoms with Crippen LogP contribution in [0.25, 0.3) is 10.9 Å². The van der Waals surface area contributed by atoms with Crippen LogP contribution < -0.4 is 4.74 Å². The van der Waals surface area contributed by atoms with Gasteiger partial charge in [0.2, 0.25) is 0 Å². The maximum absolute atomic E-state index is 11.4. The third-order valence-corrected chi connectivity index (χ3v) is 4.73. The molecule has 23 heavy (non-hydrogen) atoms. The summed E-state index contributed by atoms with van der Waals surface area (Å²) in [6.45, 7) is 9.00. The number of hydrogen-bond donors (Lipinski definition) is 2. The van der Waals surface area contributed by atoms with Crippen LogP contribution >= 0.6 is 0 Å². The number of aromatic nitrogens is 1. The van der Waals surface area contributed by atoms with Gasteiger partial charge in [0.25, 0.3) is 0 Å². The standard InChI is InChI=1S/C18H24N2O3/c1-12-16(17(21)22)14-10-13(6-7-15(14)19-12)23-11-18(2,3)20-8-4-5-9-20/h6-7,10,19H,4-5,8-9,11H2,1-3H3,(H,21,22). The van der Waals surface area contributed by atoms with E-state index in [0.717, 1.165) is 18.6 Å². The van der Waals surface area contributed by atoms with Gasteiger partial charge in [-0.05, 0) is 64.9 Å². The van der Waals surface area contributed by atoms with E-state index in [1.807, 2.05) is 18.2 Å². The first-order valence-electron chi connectivity index (χ1n) is 8.12. The molecule has 124 valence electrons. The minimum Gasteiger partial charge on any atom is -0.492 e. The molecule has 5 heteroatoms. The smallest absolute Gasteiger partial charge is 0.338 e. The van der Waals surface area contributed by atoms with E-state index in [2.05, 4.69) is 23.7 Å². The Morgan fingerprint density at radius 2 is 2.04 bits per heavy atom. The van der Waals surface area contributed by atoms with Crippen molar-refractivity contribution < 1.29 is 14.6 Å². The Hall–Kier alpha value is -2.01. The van der Waals surface area contributed by atoms with Crippen LogP contribution in [-0.2, 0) is 0 Å². The molecule has 0 aliphatic carbocycles. The lowest BCUT2D eigenvalue weighted by Gasteiger charge is -2.35. The molecule has 5 nitrogen and oxygen atoms in total. The van der Waals surface area contributed by atoms with Crippen molar-refractivity contribution in [2.24, 2.45) is 0 Å². The number of aromatic carboxylic acids is 1. The molecule has 1 saturated heterocycles. The minimum atomic E-state index is -0.914. The molecule has 2 heterocycles. The molecule has 0 radical (unpaired) electrons. The molecule has 1 fully saturated rings. The number of nitrogens with zero attached hydrogens (tertiary/aromatic N) is 1. The zero-order chi connectivity index (χ0) is 16.6. The predicted molar refractivity (Wildman–Crippen MR) is 90.4 cm³/mol. The predicted octanol–water partition coefficient (Wildman–Crippen LogP) is 3.43. The van der Waals surface area contributed by atoms with Crippen molar-refractivity contribution >= 4 is 16.9 Å². The fourth-order valence-electron chi connectivity index (χ4n) is 3.34. The van der Waals surface area contributed by atoms with Crippen molar-refractivity contribution in [2.75, 3.05) is 19.7 Å². The fraction of sp³-hybridized carbons (Fsp3) is 0.500. The van der Waals surface area contributed by atoms with Crippen molar-refractivity contribution in [3.05, 3.63) is 29.5 Å². The van der Waals surface area contributed by atoms with Crippen LogP contribution in [0, 0.1) is 6.92 Å². The highest BCUT2D eigenvalue weighted by molar-refractivity contribution is 6.05. The third-order valence-electron chi connectivity index (χ3n) is 4.73. The summed E-state index contributed by atoms with van der Waals surface area (Å²) in [5, 5.41) is 10.1. The van der Waals surface area contributed by atoms with E-state index in [0.29, 0.717) is 29.0 Å². The van der Waals surface area contributed by atoms with Crippen LogP contribution in [0.2, 0.25) is 0 Å². The largest absolute Gasteiger partial charge is 0.492 e. The van der Waals surface area contributed by atoms with Gasteiger partial charge in [0.15, 0.2) is 0 Å². The highest BCUT2D eigenvalue weighted by atomic mass is 16.5. The average Bonchev–Trinajstić information content (AvgIpc) is 3.11. The molecular formula is C18H24N2O3. The van der Waals surface area contributed by atoms with Gasteiger partial charge in [0.1, 0.15) is 12.4 Å². The zero-order valence-corrected chi connectivity index (χ0v) is 14.0. The Morgan fingerprint density at radius 3 is 2.70 bits per heavy atom. The van der Waals surface area contributed by atoms with Crippen molar-refractivity contribution in [3.8, 4) is 5.75 Å².